The third-order valence-corrected chi connectivity index (χ3v) is 3.78. The first kappa shape index (κ1) is 14.1. The van der Waals surface area contributed by atoms with Gasteiger partial charge in [-0.05, 0) is 25.0 Å². The summed E-state index contributed by atoms with van der Waals surface area (Å²) in [5.41, 5.74) is 5.51. The zero-order valence-corrected chi connectivity index (χ0v) is 11.1. The van der Waals surface area contributed by atoms with Crippen LogP contribution in [0.5, 0.6) is 0 Å². The molecule has 0 radical (unpaired) electrons. The molecule has 2 unspecified atom stereocenters. The molecule has 2 atom stereocenters. The Morgan fingerprint density at radius 2 is 2.05 bits per heavy atom. The number of alkyl halides is 3. The van der Waals surface area contributed by atoms with E-state index in [0.29, 0.717) is 5.89 Å². The lowest BCUT2D eigenvalue weighted by atomic mass is 10.0. The average molecular weight is 297 g/mol. The summed E-state index contributed by atoms with van der Waals surface area (Å²) in [5, 5.41) is 3.78. The molecule has 0 amide bonds. The summed E-state index contributed by atoms with van der Waals surface area (Å²) >= 11 is 0. The zero-order valence-electron chi connectivity index (χ0n) is 11.1. The van der Waals surface area contributed by atoms with Gasteiger partial charge in [0.05, 0.1) is 11.5 Å². The molecule has 0 bridgehead atoms. The van der Waals surface area contributed by atoms with Crippen LogP contribution in [-0.2, 0) is 6.18 Å². The number of benzene rings is 1. The maximum atomic E-state index is 12.7. The van der Waals surface area contributed by atoms with Gasteiger partial charge in [0.1, 0.15) is 0 Å². The van der Waals surface area contributed by atoms with Gasteiger partial charge in [-0.15, -0.1) is 0 Å². The Bertz CT molecular complexity index is 638. The third-order valence-electron chi connectivity index (χ3n) is 3.78. The van der Waals surface area contributed by atoms with Crippen molar-refractivity contribution in [2.45, 2.75) is 37.4 Å². The van der Waals surface area contributed by atoms with Gasteiger partial charge in [-0.25, -0.2) is 0 Å². The van der Waals surface area contributed by atoms with Gasteiger partial charge < -0.3 is 10.3 Å². The Morgan fingerprint density at radius 3 is 2.71 bits per heavy atom. The maximum absolute atomic E-state index is 12.7. The second-order valence-corrected chi connectivity index (χ2v) is 5.24. The van der Waals surface area contributed by atoms with Crippen molar-refractivity contribution in [3.63, 3.8) is 0 Å². The van der Waals surface area contributed by atoms with E-state index in [0.717, 1.165) is 31.4 Å². The Balaban J connectivity index is 1.90. The SMILES string of the molecule is NC1CCCC1c1nc(-c2cccc(C(F)(F)F)c2)no1. The van der Waals surface area contributed by atoms with Crippen LogP contribution >= 0.6 is 0 Å². The number of aromatic nitrogens is 2. The molecule has 1 aromatic carbocycles. The topological polar surface area (TPSA) is 64.9 Å². The number of rotatable bonds is 2. The fourth-order valence-electron chi connectivity index (χ4n) is 2.63. The number of halogens is 3. The lowest BCUT2D eigenvalue weighted by Crippen LogP contribution is -2.22. The third kappa shape index (κ3) is 2.78. The molecule has 21 heavy (non-hydrogen) atoms. The zero-order chi connectivity index (χ0) is 15.0. The Labute approximate surface area is 119 Å². The first-order valence-corrected chi connectivity index (χ1v) is 6.72. The second kappa shape index (κ2) is 5.14. The fraction of sp³-hybridized carbons (Fsp3) is 0.429. The predicted molar refractivity (Wildman–Crippen MR) is 69.3 cm³/mol. The van der Waals surface area contributed by atoms with Crippen molar-refractivity contribution >= 4 is 0 Å². The molecule has 0 spiro atoms. The Hall–Kier alpha value is -1.89. The molecule has 1 heterocycles. The number of nitrogens with two attached hydrogens (primary N) is 1. The number of hydrogen-bond acceptors (Lipinski definition) is 4. The summed E-state index contributed by atoms with van der Waals surface area (Å²) in [6, 6.07) is 4.86. The summed E-state index contributed by atoms with van der Waals surface area (Å²) in [5.74, 6) is 0.569. The normalized spacial score (nSPS) is 22.7. The van der Waals surface area contributed by atoms with Crippen molar-refractivity contribution in [1.82, 2.24) is 10.1 Å². The summed E-state index contributed by atoms with van der Waals surface area (Å²) < 4.78 is 43.3. The first-order valence-electron chi connectivity index (χ1n) is 6.72. The van der Waals surface area contributed by atoms with Crippen LogP contribution in [0, 0.1) is 0 Å². The van der Waals surface area contributed by atoms with Gasteiger partial charge in [-0.1, -0.05) is 23.7 Å². The molecule has 0 saturated heterocycles. The monoisotopic (exact) mass is 297 g/mol. The molecule has 2 N–H and O–H groups in total. The maximum Gasteiger partial charge on any atom is 0.416 e. The highest BCUT2D eigenvalue weighted by Crippen LogP contribution is 2.34. The molecule has 1 saturated carbocycles. The van der Waals surface area contributed by atoms with Crippen LogP contribution < -0.4 is 5.73 Å². The summed E-state index contributed by atoms with van der Waals surface area (Å²) in [4.78, 5) is 4.21. The highest BCUT2D eigenvalue weighted by atomic mass is 19.4. The van der Waals surface area contributed by atoms with E-state index in [1.54, 1.807) is 0 Å². The molecule has 1 aliphatic rings. The van der Waals surface area contributed by atoms with Gasteiger partial charge in [-0.3, -0.25) is 0 Å². The summed E-state index contributed by atoms with van der Waals surface area (Å²) in [6.07, 6.45) is -1.64. The van der Waals surface area contributed by atoms with Gasteiger partial charge in [0.25, 0.3) is 0 Å². The standard InChI is InChI=1S/C14H14F3N3O/c15-14(16,17)9-4-1-3-8(7-9)12-19-13(21-20-12)10-5-2-6-11(10)18/h1,3-4,7,10-11H,2,5-6,18H2. The lowest BCUT2D eigenvalue weighted by Gasteiger charge is -2.09. The minimum Gasteiger partial charge on any atom is -0.339 e. The van der Waals surface area contributed by atoms with E-state index in [1.807, 2.05) is 0 Å². The molecule has 0 aliphatic heterocycles. The molecule has 1 aliphatic carbocycles. The molecule has 7 heteroatoms. The molecule has 112 valence electrons. The van der Waals surface area contributed by atoms with Crippen LogP contribution in [0.2, 0.25) is 0 Å². The van der Waals surface area contributed by atoms with Crippen molar-refractivity contribution in [3.05, 3.63) is 35.7 Å². The quantitative estimate of drug-likeness (QED) is 0.923. The lowest BCUT2D eigenvalue weighted by molar-refractivity contribution is -0.137. The molecular weight excluding hydrogens is 283 g/mol. The molecule has 2 aromatic rings. The van der Waals surface area contributed by atoms with E-state index in [4.69, 9.17) is 10.3 Å². The molecular formula is C14H14F3N3O. The number of nitrogens with zero attached hydrogens (tertiary/aromatic N) is 2. The minimum absolute atomic E-state index is 0.00273. The number of hydrogen-bond donors (Lipinski definition) is 1. The van der Waals surface area contributed by atoms with Crippen molar-refractivity contribution < 1.29 is 17.7 Å². The van der Waals surface area contributed by atoms with Crippen LogP contribution in [0.15, 0.2) is 28.8 Å². The largest absolute Gasteiger partial charge is 0.416 e. The van der Waals surface area contributed by atoms with E-state index in [2.05, 4.69) is 10.1 Å². The Kier molecular flexibility index (Phi) is 3.44. The fourth-order valence-corrected chi connectivity index (χ4v) is 2.63. The van der Waals surface area contributed by atoms with Gasteiger partial charge >= 0.3 is 6.18 Å². The first-order chi connectivity index (χ1) is 9.95. The molecule has 1 aromatic heterocycles. The van der Waals surface area contributed by atoms with E-state index < -0.39 is 11.7 Å². The van der Waals surface area contributed by atoms with Crippen molar-refractivity contribution in [2.75, 3.05) is 0 Å². The van der Waals surface area contributed by atoms with Gasteiger partial charge in [0.2, 0.25) is 11.7 Å². The van der Waals surface area contributed by atoms with Crippen molar-refractivity contribution in [2.24, 2.45) is 5.73 Å². The molecule has 4 nitrogen and oxygen atoms in total. The van der Waals surface area contributed by atoms with Crippen LogP contribution in [0.1, 0.15) is 36.6 Å². The van der Waals surface area contributed by atoms with Crippen molar-refractivity contribution in [3.8, 4) is 11.4 Å². The molecule has 1 fully saturated rings. The second-order valence-electron chi connectivity index (χ2n) is 5.24. The average Bonchev–Trinajstić information content (AvgIpc) is 3.06. The van der Waals surface area contributed by atoms with E-state index in [-0.39, 0.29) is 23.3 Å². The smallest absolute Gasteiger partial charge is 0.339 e. The van der Waals surface area contributed by atoms with Gasteiger partial charge in [-0.2, -0.15) is 18.2 Å². The van der Waals surface area contributed by atoms with Crippen molar-refractivity contribution in [1.29, 1.82) is 0 Å². The van der Waals surface area contributed by atoms with E-state index in [9.17, 15) is 13.2 Å². The Morgan fingerprint density at radius 1 is 1.24 bits per heavy atom. The van der Waals surface area contributed by atoms with Gasteiger partial charge in [0.15, 0.2) is 0 Å². The highest BCUT2D eigenvalue weighted by molar-refractivity contribution is 5.55. The minimum atomic E-state index is -4.39. The summed E-state index contributed by atoms with van der Waals surface area (Å²) in [7, 11) is 0. The van der Waals surface area contributed by atoms with E-state index in [1.165, 1.54) is 12.1 Å². The van der Waals surface area contributed by atoms with Gasteiger partial charge in [0, 0.05) is 11.6 Å². The predicted octanol–water partition coefficient (Wildman–Crippen LogP) is 3.35. The van der Waals surface area contributed by atoms with Crippen LogP contribution in [0.3, 0.4) is 0 Å². The van der Waals surface area contributed by atoms with Crippen LogP contribution in [-0.4, -0.2) is 16.2 Å². The van der Waals surface area contributed by atoms with Crippen LogP contribution in [0.25, 0.3) is 11.4 Å². The highest BCUT2D eigenvalue weighted by Gasteiger charge is 2.32. The van der Waals surface area contributed by atoms with Crippen LogP contribution in [0.4, 0.5) is 13.2 Å². The summed E-state index contributed by atoms with van der Waals surface area (Å²) in [6.45, 7) is 0. The molecule has 3 rings (SSSR count). The van der Waals surface area contributed by atoms with E-state index >= 15 is 0 Å².